The van der Waals surface area contributed by atoms with E-state index in [2.05, 4.69) is 15.5 Å². The maximum Gasteiger partial charge on any atom is 0.277 e. The van der Waals surface area contributed by atoms with E-state index >= 15 is 0 Å². The molecule has 2 heterocycles. The molecule has 8 heteroatoms. The Balaban J connectivity index is 1.33. The van der Waals surface area contributed by atoms with Crippen LogP contribution in [0.15, 0.2) is 68.7 Å². The highest BCUT2D eigenvalue weighted by atomic mass is 32.2. The fourth-order valence-corrected chi connectivity index (χ4v) is 3.25. The summed E-state index contributed by atoms with van der Waals surface area (Å²) in [5.41, 5.74) is 1.40. The van der Waals surface area contributed by atoms with Crippen molar-refractivity contribution in [2.75, 3.05) is 5.75 Å². The van der Waals surface area contributed by atoms with E-state index in [1.807, 2.05) is 37.3 Å². The Bertz CT molecular complexity index is 1070. The van der Waals surface area contributed by atoms with Crippen LogP contribution in [0.25, 0.3) is 22.4 Å². The number of aromatic nitrogens is 2. The van der Waals surface area contributed by atoms with Gasteiger partial charge in [-0.25, -0.2) is 4.39 Å². The second-order valence-electron chi connectivity index (χ2n) is 6.14. The fraction of sp³-hybridized carbons (Fsp3) is 0.150. The van der Waals surface area contributed by atoms with Crippen LogP contribution in [-0.2, 0) is 4.79 Å². The molecule has 2 aromatic carbocycles. The molecule has 1 amide bonds. The fourth-order valence-electron chi connectivity index (χ4n) is 2.67. The number of nitrogens with zero attached hydrogens (tertiary/aromatic N) is 2. The average Bonchev–Trinajstić information content (AvgIpc) is 3.34. The van der Waals surface area contributed by atoms with Crippen molar-refractivity contribution in [2.45, 2.75) is 18.2 Å². The van der Waals surface area contributed by atoms with Crippen LogP contribution in [0.4, 0.5) is 4.39 Å². The Morgan fingerprint density at radius 1 is 1.14 bits per heavy atom. The number of fused-ring (bicyclic) bond motifs is 1. The predicted molar refractivity (Wildman–Crippen MR) is 103 cm³/mol. The van der Waals surface area contributed by atoms with E-state index < -0.39 is 0 Å². The number of halogens is 1. The smallest absolute Gasteiger partial charge is 0.277 e. The minimum absolute atomic E-state index is 0.121. The molecule has 1 atom stereocenters. The van der Waals surface area contributed by atoms with E-state index in [4.69, 9.17) is 8.83 Å². The van der Waals surface area contributed by atoms with Gasteiger partial charge in [-0.05, 0) is 43.3 Å². The first kappa shape index (κ1) is 18.2. The van der Waals surface area contributed by atoms with Crippen molar-refractivity contribution in [3.05, 3.63) is 66.2 Å². The van der Waals surface area contributed by atoms with Gasteiger partial charge in [0, 0.05) is 10.9 Å². The molecule has 0 saturated carbocycles. The van der Waals surface area contributed by atoms with E-state index in [1.165, 1.54) is 12.1 Å². The molecule has 28 heavy (non-hydrogen) atoms. The monoisotopic (exact) mass is 397 g/mol. The normalized spacial score (nSPS) is 12.2. The number of hydrogen-bond acceptors (Lipinski definition) is 6. The predicted octanol–water partition coefficient (Wildman–Crippen LogP) is 4.59. The van der Waals surface area contributed by atoms with Crippen LogP contribution in [0.3, 0.4) is 0 Å². The summed E-state index contributed by atoms with van der Waals surface area (Å²) >= 11 is 1.13. The second kappa shape index (κ2) is 7.85. The van der Waals surface area contributed by atoms with Crippen LogP contribution in [0.5, 0.6) is 0 Å². The van der Waals surface area contributed by atoms with Gasteiger partial charge >= 0.3 is 0 Å². The topological polar surface area (TPSA) is 81.2 Å². The number of carbonyl (C=O) groups is 1. The SMILES string of the molecule is C[C@H](NC(=O)CSc1nnc(-c2ccc(F)cc2)o1)c1cc2ccccc2o1. The molecular weight excluding hydrogens is 381 g/mol. The summed E-state index contributed by atoms with van der Waals surface area (Å²) in [4.78, 5) is 12.2. The van der Waals surface area contributed by atoms with Gasteiger partial charge in [-0.15, -0.1) is 10.2 Å². The second-order valence-corrected chi connectivity index (χ2v) is 7.07. The summed E-state index contributed by atoms with van der Waals surface area (Å²) in [5, 5.41) is 12.0. The van der Waals surface area contributed by atoms with Crippen LogP contribution >= 0.6 is 11.8 Å². The molecule has 4 rings (SSSR count). The van der Waals surface area contributed by atoms with Gasteiger partial charge in [0.1, 0.15) is 17.2 Å². The molecule has 4 aromatic rings. The van der Waals surface area contributed by atoms with Crippen molar-refractivity contribution in [1.29, 1.82) is 0 Å². The van der Waals surface area contributed by atoms with Gasteiger partial charge in [-0.2, -0.15) is 0 Å². The molecule has 2 aromatic heterocycles. The van der Waals surface area contributed by atoms with E-state index in [0.717, 1.165) is 22.7 Å². The Morgan fingerprint density at radius 2 is 1.93 bits per heavy atom. The zero-order chi connectivity index (χ0) is 19.5. The van der Waals surface area contributed by atoms with E-state index in [-0.39, 0.29) is 34.6 Å². The zero-order valence-corrected chi connectivity index (χ0v) is 15.7. The van der Waals surface area contributed by atoms with E-state index in [1.54, 1.807) is 12.1 Å². The van der Waals surface area contributed by atoms with Gasteiger partial charge in [-0.1, -0.05) is 30.0 Å². The van der Waals surface area contributed by atoms with Crippen molar-refractivity contribution in [2.24, 2.45) is 0 Å². The summed E-state index contributed by atoms with van der Waals surface area (Å²) in [5.74, 6) is 0.567. The summed E-state index contributed by atoms with van der Waals surface area (Å²) in [6, 6.07) is 15.1. The van der Waals surface area contributed by atoms with E-state index in [0.29, 0.717) is 11.3 Å². The van der Waals surface area contributed by atoms with Gasteiger partial charge in [0.2, 0.25) is 11.8 Å². The number of thioether (sulfide) groups is 1. The number of rotatable bonds is 6. The molecule has 0 fully saturated rings. The summed E-state index contributed by atoms with van der Waals surface area (Å²) in [6.07, 6.45) is 0. The lowest BCUT2D eigenvalue weighted by atomic mass is 10.2. The van der Waals surface area contributed by atoms with Crippen molar-refractivity contribution in [3.8, 4) is 11.5 Å². The third-order valence-corrected chi connectivity index (χ3v) is 4.89. The number of para-hydroxylation sites is 1. The van der Waals surface area contributed by atoms with Gasteiger partial charge in [0.25, 0.3) is 5.22 Å². The van der Waals surface area contributed by atoms with Crippen molar-refractivity contribution >= 4 is 28.6 Å². The van der Waals surface area contributed by atoms with Crippen LogP contribution < -0.4 is 5.32 Å². The van der Waals surface area contributed by atoms with Gasteiger partial charge in [0.05, 0.1) is 11.8 Å². The molecule has 6 nitrogen and oxygen atoms in total. The van der Waals surface area contributed by atoms with Crippen LogP contribution in [-0.4, -0.2) is 21.9 Å². The number of hydrogen-bond donors (Lipinski definition) is 1. The molecule has 0 saturated heterocycles. The Hall–Kier alpha value is -3.13. The Kier molecular flexibility index (Phi) is 5.12. The highest BCUT2D eigenvalue weighted by Crippen LogP contribution is 2.25. The molecule has 1 N–H and O–H groups in total. The number of carbonyl (C=O) groups excluding carboxylic acids is 1. The first-order valence-electron chi connectivity index (χ1n) is 8.58. The Labute approximate surface area is 164 Å². The average molecular weight is 397 g/mol. The third kappa shape index (κ3) is 4.07. The summed E-state index contributed by atoms with van der Waals surface area (Å²) in [6.45, 7) is 1.86. The van der Waals surface area contributed by atoms with Crippen molar-refractivity contribution < 1.29 is 18.0 Å². The van der Waals surface area contributed by atoms with Crippen LogP contribution in [0.2, 0.25) is 0 Å². The van der Waals surface area contributed by atoms with Crippen LogP contribution in [0.1, 0.15) is 18.7 Å². The lowest BCUT2D eigenvalue weighted by molar-refractivity contribution is -0.119. The van der Waals surface area contributed by atoms with Gasteiger partial charge < -0.3 is 14.2 Å². The minimum Gasteiger partial charge on any atom is -0.459 e. The maximum atomic E-state index is 13.0. The Morgan fingerprint density at radius 3 is 2.71 bits per heavy atom. The first-order valence-corrected chi connectivity index (χ1v) is 9.57. The maximum absolute atomic E-state index is 13.0. The quantitative estimate of drug-likeness (QED) is 0.479. The van der Waals surface area contributed by atoms with Gasteiger partial charge in [0.15, 0.2) is 0 Å². The minimum atomic E-state index is -0.340. The lowest BCUT2D eigenvalue weighted by Gasteiger charge is -2.10. The van der Waals surface area contributed by atoms with Crippen molar-refractivity contribution in [1.82, 2.24) is 15.5 Å². The molecule has 0 aliphatic rings. The standard InChI is InChI=1S/C20H16FN3O3S/c1-12(17-10-14-4-2-3-5-16(14)26-17)22-18(25)11-28-20-24-23-19(27-20)13-6-8-15(21)9-7-13/h2-10,12H,11H2,1H3,(H,22,25)/t12-/m0/s1. The zero-order valence-electron chi connectivity index (χ0n) is 14.9. The molecule has 0 unspecified atom stereocenters. The number of benzene rings is 2. The van der Waals surface area contributed by atoms with Gasteiger partial charge in [-0.3, -0.25) is 4.79 Å². The highest BCUT2D eigenvalue weighted by molar-refractivity contribution is 7.99. The first-order chi connectivity index (χ1) is 13.6. The molecule has 0 radical (unpaired) electrons. The lowest BCUT2D eigenvalue weighted by Crippen LogP contribution is -2.27. The van der Waals surface area contributed by atoms with E-state index in [9.17, 15) is 9.18 Å². The molecule has 0 bridgehead atoms. The third-order valence-electron chi connectivity index (χ3n) is 4.07. The number of furan rings is 1. The van der Waals surface area contributed by atoms with Crippen LogP contribution in [0, 0.1) is 5.82 Å². The summed E-state index contributed by atoms with van der Waals surface area (Å²) < 4.78 is 24.3. The van der Waals surface area contributed by atoms with Crippen molar-refractivity contribution in [3.63, 3.8) is 0 Å². The number of nitrogens with one attached hydrogen (secondary N) is 1. The number of amides is 1. The highest BCUT2D eigenvalue weighted by Gasteiger charge is 2.16. The molecule has 0 spiro atoms. The molecule has 0 aliphatic carbocycles. The largest absolute Gasteiger partial charge is 0.459 e. The molecule has 142 valence electrons. The summed E-state index contributed by atoms with van der Waals surface area (Å²) in [7, 11) is 0. The molecule has 0 aliphatic heterocycles. The molecular formula is C20H16FN3O3S.